The van der Waals surface area contributed by atoms with E-state index in [9.17, 15) is 8.42 Å². The van der Waals surface area contributed by atoms with E-state index >= 15 is 0 Å². The molecule has 0 aromatic heterocycles. The van der Waals surface area contributed by atoms with E-state index in [4.69, 9.17) is 39.5 Å². The number of ether oxygens (including phenoxy) is 1. The van der Waals surface area contributed by atoms with Gasteiger partial charge in [-0.05, 0) is 42.8 Å². The second-order valence-corrected chi connectivity index (χ2v) is 7.38. The minimum absolute atomic E-state index is 0.0314. The van der Waals surface area contributed by atoms with Crippen molar-refractivity contribution in [3.8, 4) is 5.75 Å². The number of rotatable bonds is 4. The predicted molar refractivity (Wildman–Crippen MR) is 90.0 cm³/mol. The van der Waals surface area contributed by atoms with Gasteiger partial charge in [-0.1, -0.05) is 34.8 Å². The van der Waals surface area contributed by atoms with Gasteiger partial charge in [-0.15, -0.1) is 0 Å². The van der Waals surface area contributed by atoms with Gasteiger partial charge in [-0.25, -0.2) is 8.42 Å². The molecule has 0 saturated carbocycles. The van der Waals surface area contributed by atoms with Crippen LogP contribution < -0.4 is 9.46 Å². The van der Waals surface area contributed by atoms with Crippen molar-refractivity contribution in [3.63, 3.8) is 0 Å². The lowest BCUT2D eigenvalue weighted by Gasteiger charge is -2.14. The SMILES string of the molecule is COc1ccc(Cl)cc1NS(=O)(=O)c1cc(Cl)c(Cl)cc1C. The highest BCUT2D eigenvalue weighted by Crippen LogP contribution is 2.32. The summed E-state index contributed by atoms with van der Waals surface area (Å²) >= 11 is 17.7. The second kappa shape index (κ2) is 6.54. The summed E-state index contributed by atoms with van der Waals surface area (Å²) in [6.07, 6.45) is 0. The van der Waals surface area contributed by atoms with Crippen LogP contribution in [0.1, 0.15) is 5.56 Å². The molecule has 0 atom stereocenters. The quantitative estimate of drug-likeness (QED) is 0.831. The van der Waals surface area contributed by atoms with Crippen LogP contribution in [0.2, 0.25) is 15.1 Å². The molecule has 0 unspecified atom stereocenters. The van der Waals surface area contributed by atoms with Gasteiger partial charge >= 0.3 is 0 Å². The average molecular weight is 381 g/mol. The van der Waals surface area contributed by atoms with Crippen molar-refractivity contribution >= 4 is 50.5 Å². The molecule has 1 N–H and O–H groups in total. The van der Waals surface area contributed by atoms with E-state index < -0.39 is 10.0 Å². The number of aryl methyl sites for hydroxylation is 1. The molecule has 22 heavy (non-hydrogen) atoms. The van der Waals surface area contributed by atoms with E-state index in [1.54, 1.807) is 19.1 Å². The Morgan fingerprint density at radius 2 is 1.68 bits per heavy atom. The maximum absolute atomic E-state index is 12.6. The number of methoxy groups -OCH3 is 1. The normalized spacial score (nSPS) is 11.3. The molecule has 0 amide bonds. The first-order chi connectivity index (χ1) is 10.2. The number of hydrogen-bond acceptors (Lipinski definition) is 3. The molecule has 0 fully saturated rings. The van der Waals surface area contributed by atoms with Gasteiger partial charge in [0.15, 0.2) is 0 Å². The van der Waals surface area contributed by atoms with Gasteiger partial charge in [0.2, 0.25) is 0 Å². The first-order valence-corrected chi connectivity index (χ1v) is 8.68. The highest BCUT2D eigenvalue weighted by Gasteiger charge is 2.20. The van der Waals surface area contributed by atoms with Crippen molar-refractivity contribution < 1.29 is 13.2 Å². The maximum atomic E-state index is 12.6. The molecule has 0 spiro atoms. The zero-order valence-corrected chi connectivity index (χ0v) is 14.7. The molecular formula is C14H12Cl3NO3S. The van der Waals surface area contributed by atoms with Crippen LogP contribution in [0.5, 0.6) is 5.75 Å². The van der Waals surface area contributed by atoms with E-state index in [-0.39, 0.29) is 15.6 Å². The molecule has 0 aliphatic carbocycles. The van der Waals surface area contributed by atoms with E-state index in [2.05, 4.69) is 4.72 Å². The molecule has 0 bridgehead atoms. The maximum Gasteiger partial charge on any atom is 0.262 e. The number of halogens is 3. The highest BCUT2D eigenvalue weighted by molar-refractivity contribution is 7.92. The van der Waals surface area contributed by atoms with Crippen LogP contribution in [0.25, 0.3) is 0 Å². The molecule has 4 nitrogen and oxygen atoms in total. The lowest BCUT2D eigenvalue weighted by molar-refractivity contribution is 0.417. The zero-order chi connectivity index (χ0) is 16.5. The summed E-state index contributed by atoms with van der Waals surface area (Å²) in [6.45, 7) is 1.63. The largest absolute Gasteiger partial charge is 0.495 e. The van der Waals surface area contributed by atoms with Gasteiger partial charge in [-0.3, -0.25) is 4.72 Å². The number of anilines is 1. The van der Waals surface area contributed by atoms with Gasteiger partial charge in [-0.2, -0.15) is 0 Å². The van der Waals surface area contributed by atoms with E-state index in [1.165, 1.54) is 25.3 Å². The van der Waals surface area contributed by atoms with Crippen LogP contribution in [0, 0.1) is 6.92 Å². The lowest BCUT2D eigenvalue weighted by atomic mass is 10.2. The van der Waals surface area contributed by atoms with Gasteiger partial charge in [0.25, 0.3) is 10.0 Å². The average Bonchev–Trinajstić information content (AvgIpc) is 2.42. The smallest absolute Gasteiger partial charge is 0.262 e. The molecule has 0 aliphatic heterocycles. The van der Waals surface area contributed by atoms with Crippen LogP contribution in [-0.4, -0.2) is 15.5 Å². The van der Waals surface area contributed by atoms with Crippen molar-refractivity contribution in [1.82, 2.24) is 0 Å². The van der Waals surface area contributed by atoms with Crippen molar-refractivity contribution in [2.24, 2.45) is 0 Å². The Hall–Kier alpha value is -1.14. The van der Waals surface area contributed by atoms with Crippen LogP contribution in [-0.2, 0) is 10.0 Å². The van der Waals surface area contributed by atoms with Crippen LogP contribution in [0.15, 0.2) is 35.2 Å². The fourth-order valence-electron chi connectivity index (χ4n) is 1.88. The molecule has 2 rings (SSSR count). The number of hydrogen-bond donors (Lipinski definition) is 1. The molecular weight excluding hydrogens is 369 g/mol. The Morgan fingerprint density at radius 3 is 2.32 bits per heavy atom. The van der Waals surface area contributed by atoms with Crippen LogP contribution in [0.3, 0.4) is 0 Å². The summed E-state index contributed by atoms with van der Waals surface area (Å²) in [4.78, 5) is 0.0314. The fourth-order valence-corrected chi connectivity index (χ4v) is 3.81. The molecule has 2 aromatic carbocycles. The molecule has 0 radical (unpaired) electrons. The molecule has 0 heterocycles. The zero-order valence-electron chi connectivity index (χ0n) is 11.7. The molecule has 8 heteroatoms. The van der Waals surface area contributed by atoms with Gasteiger partial charge in [0.05, 0.1) is 27.7 Å². The summed E-state index contributed by atoms with van der Waals surface area (Å²) in [5.41, 5.74) is 0.711. The molecule has 2 aromatic rings. The monoisotopic (exact) mass is 379 g/mol. The Morgan fingerprint density at radius 1 is 1.05 bits per heavy atom. The highest BCUT2D eigenvalue weighted by atomic mass is 35.5. The third-order valence-corrected chi connectivity index (χ3v) is 5.38. The van der Waals surface area contributed by atoms with E-state index in [1.807, 2.05) is 0 Å². The standard InChI is InChI=1S/C14H12Cl3NO3S/c1-8-5-10(16)11(17)7-14(8)22(19,20)18-12-6-9(15)3-4-13(12)21-2/h3-7,18H,1-2H3. The molecule has 0 saturated heterocycles. The third-order valence-electron chi connectivity index (χ3n) is 2.91. The minimum Gasteiger partial charge on any atom is -0.495 e. The number of benzene rings is 2. The second-order valence-electron chi connectivity index (χ2n) is 4.48. The Bertz CT molecular complexity index is 822. The summed E-state index contributed by atoms with van der Waals surface area (Å²) < 4.78 is 32.7. The third kappa shape index (κ3) is 3.60. The summed E-state index contributed by atoms with van der Waals surface area (Å²) in [6, 6.07) is 7.43. The molecule has 118 valence electrons. The summed E-state index contributed by atoms with van der Waals surface area (Å²) in [5, 5.41) is 0.827. The van der Waals surface area contributed by atoms with Crippen molar-refractivity contribution in [2.75, 3.05) is 11.8 Å². The van der Waals surface area contributed by atoms with E-state index in [0.717, 1.165) is 0 Å². The van der Waals surface area contributed by atoms with E-state index in [0.29, 0.717) is 21.4 Å². The van der Waals surface area contributed by atoms with Crippen LogP contribution >= 0.6 is 34.8 Å². The predicted octanol–water partition coefficient (Wildman–Crippen LogP) is 4.76. The topological polar surface area (TPSA) is 55.4 Å². The Labute approximate surface area is 144 Å². The number of nitrogens with one attached hydrogen (secondary N) is 1. The van der Waals surface area contributed by atoms with Crippen molar-refractivity contribution in [1.29, 1.82) is 0 Å². The molecule has 0 aliphatic rings. The van der Waals surface area contributed by atoms with Crippen molar-refractivity contribution in [2.45, 2.75) is 11.8 Å². The Balaban J connectivity index is 2.49. The van der Waals surface area contributed by atoms with Gasteiger partial charge in [0, 0.05) is 5.02 Å². The van der Waals surface area contributed by atoms with Gasteiger partial charge in [0.1, 0.15) is 5.75 Å². The number of sulfonamides is 1. The van der Waals surface area contributed by atoms with Crippen molar-refractivity contribution in [3.05, 3.63) is 51.0 Å². The summed E-state index contributed by atoms with van der Waals surface area (Å²) in [5.74, 6) is 0.352. The summed E-state index contributed by atoms with van der Waals surface area (Å²) in [7, 11) is -2.43. The minimum atomic E-state index is -3.86. The lowest BCUT2D eigenvalue weighted by Crippen LogP contribution is -2.15. The fraction of sp³-hybridized carbons (Fsp3) is 0.143. The van der Waals surface area contributed by atoms with Crippen LogP contribution in [0.4, 0.5) is 5.69 Å². The van der Waals surface area contributed by atoms with Gasteiger partial charge < -0.3 is 4.74 Å². The first kappa shape index (κ1) is 17.2. The Kier molecular flexibility index (Phi) is 5.12. The first-order valence-electron chi connectivity index (χ1n) is 6.06.